The fourth-order valence-corrected chi connectivity index (χ4v) is 4.44. The molecule has 2 N–H and O–H groups in total. The molecule has 0 saturated heterocycles. The number of fused-ring (bicyclic) bond motifs is 1. The minimum Gasteiger partial charge on any atom is -0.353 e. The largest absolute Gasteiger partial charge is 0.353 e. The van der Waals surface area contributed by atoms with E-state index in [1.54, 1.807) is 4.57 Å². The molecule has 0 bridgehead atoms. The second kappa shape index (κ2) is 8.45. The molecular formula is C22H28N4O2S. The van der Waals surface area contributed by atoms with Crippen LogP contribution in [0.25, 0.3) is 11.0 Å². The van der Waals surface area contributed by atoms with Gasteiger partial charge in [-0.2, -0.15) is 0 Å². The first-order valence-corrected chi connectivity index (χ1v) is 10.8. The Kier molecular flexibility index (Phi) is 6.17. The number of hydrogen-bond donors (Lipinski definition) is 2. The molecule has 0 aliphatic heterocycles. The third kappa shape index (κ3) is 4.40. The molecule has 0 aliphatic carbocycles. The van der Waals surface area contributed by atoms with Gasteiger partial charge >= 0.3 is 0 Å². The Labute approximate surface area is 175 Å². The summed E-state index contributed by atoms with van der Waals surface area (Å²) in [5, 5.41) is 3.59. The lowest BCUT2D eigenvalue weighted by Crippen LogP contribution is -2.26. The fourth-order valence-electron chi connectivity index (χ4n) is 3.55. The molecule has 1 atom stereocenters. The number of carbonyl (C=O) groups excluding carboxylic acids is 1. The molecule has 29 heavy (non-hydrogen) atoms. The normalized spacial score (nSPS) is 12.3. The molecule has 0 saturated carbocycles. The number of rotatable bonds is 6. The van der Waals surface area contributed by atoms with Crippen LogP contribution in [0.15, 0.2) is 28.2 Å². The van der Waals surface area contributed by atoms with E-state index in [4.69, 9.17) is 0 Å². The molecule has 1 aromatic carbocycles. The van der Waals surface area contributed by atoms with Gasteiger partial charge in [-0.3, -0.25) is 14.2 Å². The lowest BCUT2D eigenvalue weighted by atomic mass is 10.1. The summed E-state index contributed by atoms with van der Waals surface area (Å²) in [6.45, 7) is 12.0. The molecule has 0 radical (unpaired) electrons. The maximum Gasteiger partial charge on any atom is 0.278 e. The summed E-state index contributed by atoms with van der Waals surface area (Å²) < 4.78 is 1.69. The Morgan fingerprint density at radius 3 is 2.48 bits per heavy atom. The number of aromatic amines is 1. The molecule has 0 spiro atoms. The first-order chi connectivity index (χ1) is 13.7. The number of amides is 1. The standard InChI is InChI=1S/C22H28N4O2S/c1-7-16(6)26-21(28)20-17(10-15(5)23-20)24-22(26)29-11-18(27)25-19-13(3)8-12(2)9-14(19)4/h8-10,16,23H,7,11H2,1-6H3,(H,25,27)/t16-/m0/s1. The van der Waals surface area contributed by atoms with E-state index in [9.17, 15) is 9.59 Å². The minimum absolute atomic E-state index is 0.00449. The van der Waals surface area contributed by atoms with Gasteiger partial charge < -0.3 is 10.3 Å². The quantitative estimate of drug-likeness (QED) is 0.456. The van der Waals surface area contributed by atoms with E-state index < -0.39 is 0 Å². The molecular weight excluding hydrogens is 384 g/mol. The highest BCUT2D eigenvalue weighted by Crippen LogP contribution is 2.25. The average molecular weight is 413 g/mol. The summed E-state index contributed by atoms with van der Waals surface area (Å²) in [6, 6.07) is 5.97. The van der Waals surface area contributed by atoms with Crippen LogP contribution in [0, 0.1) is 27.7 Å². The van der Waals surface area contributed by atoms with E-state index >= 15 is 0 Å². The van der Waals surface area contributed by atoms with E-state index in [-0.39, 0.29) is 23.3 Å². The molecule has 0 unspecified atom stereocenters. The molecule has 7 heteroatoms. The number of hydrogen-bond acceptors (Lipinski definition) is 4. The number of anilines is 1. The maximum atomic E-state index is 13.0. The highest BCUT2D eigenvalue weighted by molar-refractivity contribution is 7.99. The third-order valence-electron chi connectivity index (χ3n) is 5.09. The predicted octanol–water partition coefficient (Wildman–Crippen LogP) is 4.66. The number of H-pyrrole nitrogens is 1. The highest BCUT2D eigenvalue weighted by atomic mass is 32.2. The van der Waals surface area contributed by atoms with Crippen molar-refractivity contribution >= 4 is 34.4 Å². The summed E-state index contributed by atoms with van der Waals surface area (Å²) >= 11 is 1.30. The lowest BCUT2D eigenvalue weighted by molar-refractivity contribution is -0.113. The van der Waals surface area contributed by atoms with Gasteiger partial charge in [-0.1, -0.05) is 36.4 Å². The molecule has 0 fully saturated rings. The van der Waals surface area contributed by atoms with Crippen molar-refractivity contribution < 1.29 is 4.79 Å². The fraction of sp³-hybridized carbons (Fsp3) is 0.409. The van der Waals surface area contributed by atoms with Crippen LogP contribution >= 0.6 is 11.8 Å². The van der Waals surface area contributed by atoms with Crippen molar-refractivity contribution in [3.8, 4) is 0 Å². The first-order valence-electron chi connectivity index (χ1n) is 9.83. The van der Waals surface area contributed by atoms with Crippen LogP contribution in [0.2, 0.25) is 0 Å². The van der Waals surface area contributed by atoms with E-state index in [1.807, 2.05) is 47.6 Å². The predicted molar refractivity (Wildman–Crippen MR) is 120 cm³/mol. The number of thioether (sulfide) groups is 1. The van der Waals surface area contributed by atoms with Gasteiger partial charge in [0.15, 0.2) is 5.16 Å². The van der Waals surface area contributed by atoms with Crippen molar-refractivity contribution in [2.75, 3.05) is 11.1 Å². The molecule has 154 valence electrons. The zero-order valence-corrected chi connectivity index (χ0v) is 18.7. The van der Waals surface area contributed by atoms with Crippen LogP contribution < -0.4 is 10.9 Å². The van der Waals surface area contributed by atoms with Crippen LogP contribution in [-0.4, -0.2) is 26.2 Å². The van der Waals surface area contributed by atoms with Crippen LogP contribution in [0.4, 0.5) is 5.69 Å². The molecule has 2 heterocycles. The topological polar surface area (TPSA) is 79.8 Å². The zero-order chi connectivity index (χ0) is 21.3. The Hall–Kier alpha value is -2.54. The SMILES string of the molecule is CC[C@H](C)n1c(SCC(=O)Nc2c(C)cc(C)cc2C)nc2cc(C)[nH]c2c1=O. The number of nitrogens with zero attached hydrogens (tertiary/aromatic N) is 2. The van der Waals surface area contributed by atoms with Gasteiger partial charge in [0, 0.05) is 17.4 Å². The summed E-state index contributed by atoms with van der Waals surface area (Å²) in [5.41, 5.74) is 6.06. The van der Waals surface area contributed by atoms with E-state index in [0.717, 1.165) is 28.9 Å². The monoisotopic (exact) mass is 412 g/mol. The van der Waals surface area contributed by atoms with Crippen LogP contribution in [0.3, 0.4) is 0 Å². The van der Waals surface area contributed by atoms with Gasteiger partial charge in [0.1, 0.15) is 5.52 Å². The van der Waals surface area contributed by atoms with Gasteiger partial charge in [-0.15, -0.1) is 0 Å². The minimum atomic E-state index is -0.111. The zero-order valence-electron chi connectivity index (χ0n) is 17.8. The molecule has 6 nitrogen and oxygen atoms in total. The Morgan fingerprint density at radius 2 is 1.86 bits per heavy atom. The average Bonchev–Trinajstić information content (AvgIpc) is 3.03. The summed E-state index contributed by atoms with van der Waals surface area (Å²) in [4.78, 5) is 33.4. The van der Waals surface area contributed by atoms with Crippen molar-refractivity contribution in [2.24, 2.45) is 0 Å². The van der Waals surface area contributed by atoms with Gasteiger partial charge in [-0.05, 0) is 58.2 Å². The molecule has 1 amide bonds. The molecule has 0 aliphatic rings. The number of benzene rings is 1. The first kappa shape index (κ1) is 21.2. The van der Waals surface area contributed by atoms with Crippen LogP contribution in [0.1, 0.15) is 48.7 Å². The summed E-state index contributed by atoms with van der Waals surface area (Å²) in [6.07, 6.45) is 0.800. The van der Waals surface area contributed by atoms with Gasteiger partial charge in [0.05, 0.1) is 11.3 Å². The second-order valence-electron chi connectivity index (χ2n) is 7.65. The van der Waals surface area contributed by atoms with Crippen molar-refractivity contribution in [1.82, 2.24) is 14.5 Å². The lowest BCUT2D eigenvalue weighted by Gasteiger charge is -2.17. The van der Waals surface area contributed by atoms with Crippen LogP contribution in [-0.2, 0) is 4.79 Å². The maximum absolute atomic E-state index is 13.0. The third-order valence-corrected chi connectivity index (χ3v) is 6.04. The Bertz CT molecular complexity index is 1110. The van der Waals surface area contributed by atoms with Crippen molar-refractivity contribution in [1.29, 1.82) is 0 Å². The molecule has 3 aromatic rings. The van der Waals surface area contributed by atoms with Crippen LogP contribution in [0.5, 0.6) is 0 Å². The number of aromatic nitrogens is 3. The van der Waals surface area contributed by atoms with Crippen molar-refractivity contribution in [2.45, 2.75) is 59.2 Å². The summed E-state index contributed by atoms with van der Waals surface area (Å²) in [7, 11) is 0. The Morgan fingerprint density at radius 1 is 1.21 bits per heavy atom. The highest BCUT2D eigenvalue weighted by Gasteiger charge is 2.18. The van der Waals surface area contributed by atoms with Crippen molar-refractivity contribution in [3.05, 3.63) is 50.9 Å². The smallest absolute Gasteiger partial charge is 0.278 e. The number of nitrogens with one attached hydrogen (secondary N) is 2. The van der Waals surface area contributed by atoms with Gasteiger partial charge in [-0.25, -0.2) is 4.98 Å². The second-order valence-corrected chi connectivity index (χ2v) is 8.59. The van der Waals surface area contributed by atoms with E-state index in [1.165, 1.54) is 17.3 Å². The van der Waals surface area contributed by atoms with Gasteiger partial charge in [0.25, 0.3) is 5.56 Å². The van der Waals surface area contributed by atoms with Crippen molar-refractivity contribution in [3.63, 3.8) is 0 Å². The molecule has 3 rings (SSSR count). The number of aryl methyl sites for hydroxylation is 4. The van der Waals surface area contributed by atoms with E-state index in [2.05, 4.69) is 27.4 Å². The summed E-state index contributed by atoms with van der Waals surface area (Å²) in [5.74, 6) is 0.0743. The Balaban J connectivity index is 1.86. The van der Waals surface area contributed by atoms with E-state index in [0.29, 0.717) is 16.2 Å². The van der Waals surface area contributed by atoms with Gasteiger partial charge in [0.2, 0.25) is 5.91 Å². The molecule has 2 aromatic heterocycles. The number of carbonyl (C=O) groups is 1.